The van der Waals surface area contributed by atoms with Crippen LogP contribution in [0.3, 0.4) is 0 Å². The highest BCUT2D eigenvalue weighted by Gasteiger charge is 2.38. The third-order valence-electron chi connectivity index (χ3n) is 8.19. The SMILES string of the molecule is O=C(O)CC1COc2cc(O[C@@H]3CCc4c3ccc(C(F)(F)F)c4-c3ccc(OCC4CCOCC4)cc3)ccc21. The monoisotopic (exact) mass is 568 g/mol. The molecular weight excluding hydrogens is 537 g/mol. The van der Waals surface area contributed by atoms with Crippen LogP contribution < -0.4 is 14.2 Å². The molecule has 2 aliphatic heterocycles. The lowest BCUT2D eigenvalue weighted by Gasteiger charge is -2.22. The summed E-state index contributed by atoms with van der Waals surface area (Å²) in [6.07, 6.45) is -2.07. The molecule has 3 aromatic rings. The van der Waals surface area contributed by atoms with Crippen molar-refractivity contribution >= 4 is 5.97 Å². The van der Waals surface area contributed by atoms with Crippen LogP contribution in [0.25, 0.3) is 11.1 Å². The second-order valence-corrected chi connectivity index (χ2v) is 10.9. The first-order valence-corrected chi connectivity index (χ1v) is 14.0. The maximum atomic E-state index is 14.2. The van der Waals surface area contributed by atoms with Gasteiger partial charge in [0.1, 0.15) is 23.4 Å². The molecule has 1 fully saturated rings. The summed E-state index contributed by atoms with van der Waals surface area (Å²) in [6.45, 7) is 2.31. The molecule has 2 heterocycles. The molecule has 1 unspecified atom stereocenters. The number of fused-ring (bicyclic) bond motifs is 2. The minimum atomic E-state index is -4.51. The highest BCUT2D eigenvalue weighted by molar-refractivity contribution is 5.75. The van der Waals surface area contributed by atoms with Crippen LogP contribution in [0.2, 0.25) is 0 Å². The summed E-state index contributed by atoms with van der Waals surface area (Å²) in [7, 11) is 0. The first-order chi connectivity index (χ1) is 19.8. The van der Waals surface area contributed by atoms with Crippen LogP contribution in [0.4, 0.5) is 13.2 Å². The van der Waals surface area contributed by atoms with Crippen molar-refractivity contribution < 1.29 is 42.0 Å². The second-order valence-electron chi connectivity index (χ2n) is 10.9. The summed E-state index contributed by atoms with van der Waals surface area (Å²) in [4.78, 5) is 11.1. The lowest BCUT2D eigenvalue weighted by atomic mass is 9.91. The molecule has 0 radical (unpaired) electrons. The fourth-order valence-corrected chi connectivity index (χ4v) is 6.07. The number of rotatable bonds is 8. The van der Waals surface area contributed by atoms with Gasteiger partial charge in [-0.15, -0.1) is 0 Å². The van der Waals surface area contributed by atoms with Gasteiger partial charge in [-0.1, -0.05) is 24.3 Å². The quantitative estimate of drug-likeness (QED) is 0.310. The average Bonchev–Trinajstić information content (AvgIpc) is 3.55. The number of benzene rings is 3. The number of hydrogen-bond acceptors (Lipinski definition) is 5. The van der Waals surface area contributed by atoms with Crippen LogP contribution >= 0.6 is 0 Å². The maximum absolute atomic E-state index is 14.2. The van der Waals surface area contributed by atoms with E-state index in [1.165, 1.54) is 6.07 Å². The van der Waals surface area contributed by atoms with Crippen molar-refractivity contribution in [3.63, 3.8) is 0 Å². The van der Waals surface area contributed by atoms with Crippen LogP contribution in [0.1, 0.15) is 60.0 Å². The summed E-state index contributed by atoms with van der Waals surface area (Å²) in [5.41, 5.74) is 2.21. The van der Waals surface area contributed by atoms with Gasteiger partial charge in [0.15, 0.2) is 0 Å². The minimum Gasteiger partial charge on any atom is -0.493 e. The molecule has 41 heavy (non-hydrogen) atoms. The third-order valence-corrected chi connectivity index (χ3v) is 8.19. The van der Waals surface area contributed by atoms with E-state index in [0.717, 1.165) is 43.2 Å². The van der Waals surface area contributed by atoms with E-state index < -0.39 is 23.8 Å². The van der Waals surface area contributed by atoms with Crippen LogP contribution in [-0.2, 0) is 22.1 Å². The van der Waals surface area contributed by atoms with Crippen molar-refractivity contribution in [1.29, 1.82) is 0 Å². The highest BCUT2D eigenvalue weighted by Crippen LogP contribution is 2.47. The van der Waals surface area contributed by atoms with Gasteiger partial charge >= 0.3 is 12.1 Å². The first-order valence-electron chi connectivity index (χ1n) is 14.0. The molecule has 0 aromatic heterocycles. The average molecular weight is 569 g/mol. The summed E-state index contributed by atoms with van der Waals surface area (Å²) >= 11 is 0. The zero-order chi connectivity index (χ0) is 28.6. The molecule has 3 aliphatic rings. The van der Waals surface area contributed by atoms with Crippen molar-refractivity contribution in [2.45, 2.75) is 50.3 Å². The topological polar surface area (TPSA) is 74.2 Å². The van der Waals surface area contributed by atoms with Gasteiger partial charge in [0.2, 0.25) is 0 Å². The van der Waals surface area contributed by atoms with E-state index in [0.29, 0.717) is 60.3 Å². The minimum absolute atomic E-state index is 0.0173. The largest absolute Gasteiger partial charge is 0.493 e. The van der Waals surface area contributed by atoms with Gasteiger partial charge in [0.05, 0.1) is 25.2 Å². The molecule has 216 valence electrons. The van der Waals surface area contributed by atoms with E-state index >= 15 is 0 Å². The zero-order valence-corrected chi connectivity index (χ0v) is 22.4. The van der Waals surface area contributed by atoms with E-state index in [1.54, 1.807) is 36.4 Å². The summed E-state index contributed by atoms with van der Waals surface area (Å²) < 4.78 is 65.8. The summed E-state index contributed by atoms with van der Waals surface area (Å²) in [5, 5.41) is 9.14. The Morgan fingerprint density at radius 1 is 0.951 bits per heavy atom. The van der Waals surface area contributed by atoms with Crippen LogP contribution in [-0.4, -0.2) is 37.5 Å². The number of halogens is 3. The van der Waals surface area contributed by atoms with Gasteiger partial charge in [-0.25, -0.2) is 0 Å². The van der Waals surface area contributed by atoms with E-state index in [-0.39, 0.29) is 17.9 Å². The number of carboxylic acids is 1. The van der Waals surface area contributed by atoms with E-state index in [4.69, 9.17) is 24.1 Å². The highest BCUT2D eigenvalue weighted by atomic mass is 19.4. The normalized spacial score (nSPS) is 20.3. The molecule has 1 N–H and O–H groups in total. The number of alkyl halides is 3. The number of carbonyl (C=O) groups is 1. The fraction of sp³-hybridized carbons (Fsp3) is 0.406. The van der Waals surface area contributed by atoms with Gasteiger partial charge < -0.3 is 24.1 Å². The van der Waals surface area contributed by atoms with Gasteiger partial charge in [0.25, 0.3) is 0 Å². The van der Waals surface area contributed by atoms with Crippen LogP contribution in [0.5, 0.6) is 17.2 Å². The second kappa shape index (κ2) is 11.3. The Bertz CT molecular complexity index is 1410. The van der Waals surface area contributed by atoms with Crippen molar-refractivity contribution in [2.75, 3.05) is 26.4 Å². The standard InChI is InChI=1S/C32H31F3O6/c33-32(34,35)27-9-7-25-26(31(27)20-1-3-22(4-2-20)39-17-19-11-13-38-14-12-19)8-10-28(25)41-23-5-6-24-21(15-30(36)37)18-40-29(24)16-23/h1-7,9,16,19,21,28H,8,10-15,17-18H2,(H,36,37)/t21?,28-/m1/s1. The molecule has 1 aliphatic carbocycles. The molecule has 6 nitrogen and oxygen atoms in total. The molecule has 0 saturated carbocycles. The Morgan fingerprint density at radius 2 is 1.68 bits per heavy atom. The molecule has 0 bridgehead atoms. The third kappa shape index (κ3) is 5.86. The molecule has 1 saturated heterocycles. The Hall–Kier alpha value is -3.72. The Kier molecular flexibility index (Phi) is 7.55. The van der Waals surface area contributed by atoms with Gasteiger partial charge in [-0.2, -0.15) is 13.2 Å². The van der Waals surface area contributed by atoms with Crippen LogP contribution in [0.15, 0.2) is 54.6 Å². The Labute approximate surface area is 236 Å². The fourth-order valence-electron chi connectivity index (χ4n) is 6.07. The molecule has 0 spiro atoms. The smallest absolute Gasteiger partial charge is 0.417 e. The first kappa shape index (κ1) is 27.4. The lowest BCUT2D eigenvalue weighted by Crippen LogP contribution is -2.21. The van der Waals surface area contributed by atoms with E-state index in [2.05, 4.69) is 0 Å². The maximum Gasteiger partial charge on any atom is 0.417 e. The molecule has 3 aromatic carbocycles. The number of aliphatic carboxylic acids is 1. The van der Waals surface area contributed by atoms with Gasteiger partial charge in [-0.3, -0.25) is 4.79 Å². The summed E-state index contributed by atoms with van der Waals surface area (Å²) in [5.74, 6) is 1.06. The molecule has 6 rings (SSSR count). The zero-order valence-electron chi connectivity index (χ0n) is 22.4. The summed E-state index contributed by atoms with van der Waals surface area (Å²) in [6, 6.07) is 14.9. The van der Waals surface area contributed by atoms with Crippen molar-refractivity contribution in [2.24, 2.45) is 5.92 Å². The van der Waals surface area contributed by atoms with Gasteiger partial charge in [-0.05, 0) is 78.1 Å². The predicted octanol–water partition coefficient (Wildman–Crippen LogP) is 7.19. The van der Waals surface area contributed by atoms with Gasteiger partial charge in [0, 0.05) is 30.8 Å². The van der Waals surface area contributed by atoms with Crippen molar-refractivity contribution in [3.8, 4) is 28.4 Å². The molecular formula is C32H31F3O6. The Morgan fingerprint density at radius 3 is 2.41 bits per heavy atom. The lowest BCUT2D eigenvalue weighted by molar-refractivity contribution is -0.138. The number of carboxylic acid groups (broad SMARTS) is 1. The predicted molar refractivity (Wildman–Crippen MR) is 145 cm³/mol. The van der Waals surface area contributed by atoms with Crippen molar-refractivity contribution in [1.82, 2.24) is 0 Å². The van der Waals surface area contributed by atoms with E-state index in [9.17, 15) is 18.0 Å². The molecule has 9 heteroatoms. The molecule has 0 amide bonds. The van der Waals surface area contributed by atoms with Crippen molar-refractivity contribution in [3.05, 3.63) is 76.9 Å². The van der Waals surface area contributed by atoms with Crippen LogP contribution in [0, 0.1) is 5.92 Å². The Balaban J connectivity index is 1.23. The number of ether oxygens (including phenoxy) is 4. The van der Waals surface area contributed by atoms with E-state index in [1.807, 2.05) is 6.07 Å². The molecule has 2 atom stereocenters. The number of hydrogen-bond donors (Lipinski definition) is 1.